The second-order valence-corrected chi connectivity index (χ2v) is 6.61. The summed E-state index contributed by atoms with van der Waals surface area (Å²) < 4.78 is 0. The van der Waals surface area contributed by atoms with Crippen LogP contribution in [0.3, 0.4) is 0 Å². The fourth-order valence-electron chi connectivity index (χ4n) is 3.38. The summed E-state index contributed by atoms with van der Waals surface area (Å²) >= 11 is 0. The van der Waals surface area contributed by atoms with E-state index in [1.165, 1.54) is 24.1 Å². The summed E-state index contributed by atoms with van der Waals surface area (Å²) in [5.74, 6) is 0. The van der Waals surface area contributed by atoms with E-state index in [2.05, 4.69) is 47.1 Å². The average molecular weight is 306 g/mol. The monoisotopic (exact) mass is 306 g/mol. The van der Waals surface area contributed by atoms with Gasteiger partial charge in [0.2, 0.25) is 0 Å². The quantitative estimate of drug-likeness (QED) is 0.675. The van der Waals surface area contributed by atoms with Crippen molar-refractivity contribution in [3.8, 4) is 0 Å². The number of aryl methyl sites for hydroxylation is 1. The van der Waals surface area contributed by atoms with Gasteiger partial charge in [0.15, 0.2) is 0 Å². The van der Waals surface area contributed by atoms with Crippen LogP contribution in [0.2, 0.25) is 0 Å². The van der Waals surface area contributed by atoms with Gasteiger partial charge in [-0.25, -0.2) is 9.97 Å². The molecule has 1 aromatic heterocycles. The summed E-state index contributed by atoms with van der Waals surface area (Å²) in [6.07, 6.45) is 2.57. The molecule has 3 aromatic rings. The van der Waals surface area contributed by atoms with Crippen LogP contribution in [0.5, 0.6) is 0 Å². The summed E-state index contributed by atoms with van der Waals surface area (Å²) in [5.41, 5.74) is 7.64. The van der Waals surface area contributed by atoms with Crippen molar-refractivity contribution in [3.05, 3.63) is 35.9 Å². The molecule has 1 aliphatic heterocycles. The molecule has 1 saturated heterocycles. The van der Waals surface area contributed by atoms with E-state index >= 15 is 0 Å². The fourth-order valence-corrected chi connectivity index (χ4v) is 3.38. The van der Waals surface area contributed by atoms with Gasteiger partial charge in [-0.05, 0) is 55.7 Å². The Morgan fingerprint density at radius 3 is 2.26 bits per heavy atom. The zero-order valence-corrected chi connectivity index (χ0v) is 14.0. The van der Waals surface area contributed by atoms with E-state index in [4.69, 9.17) is 9.97 Å². The Kier molecular flexibility index (Phi) is 3.33. The first-order valence-corrected chi connectivity index (χ1v) is 8.26. The van der Waals surface area contributed by atoms with Gasteiger partial charge >= 0.3 is 0 Å². The molecule has 2 heterocycles. The number of hydrogen-bond acceptors (Lipinski definition) is 4. The maximum Gasteiger partial charge on any atom is 0.0915 e. The second kappa shape index (κ2) is 5.37. The molecule has 0 atom stereocenters. The molecule has 118 valence electrons. The smallest absolute Gasteiger partial charge is 0.0915 e. The SMILES string of the molecule is Cc1cc2nc3ccc(N(C)C)cc3nc2cc1N1CCCC1. The van der Waals surface area contributed by atoms with Crippen LogP contribution < -0.4 is 9.80 Å². The van der Waals surface area contributed by atoms with Crippen molar-refractivity contribution >= 4 is 33.4 Å². The second-order valence-electron chi connectivity index (χ2n) is 6.61. The number of fused-ring (bicyclic) bond motifs is 2. The van der Waals surface area contributed by atoms with Crippen molar-refractivity contribution in [1.82, 2.24) is 9.97 Å². The fraction of sp³-hybridized carbons (Fsp3) is 0.368. The molecule has 0 amide bonds. The number of aromatic nitrogens is 2. The van der Waals surface area contributed by atoms with Crippen LogP contribution in [0.1, 0.15) is 18.4 Å². The highest BCUT2D eigenvalue weighted by Gasteiger charge is 2.16. The average Bonchev–Trinajstić information content (AvgIpc) is 3.06. The Labute approximate surface area is 136 Å². The Hall–Kier alpha value is -2.36. The van der Waals surface area contributed by atoms with Crippen LogP contribution in [0.15, 0.2) is 30.3 Å². The van der Waals surface area contributed by atoms with Crippen LogP contribution in [0.25, 0.3) is 22.1 Å². The molecule has 1 fully saturated rings. The molecular weight excluding hydrogens is 284 g/mol. The minimum absolute atomic E-state index is 0.955. The molecule has 0 bridgehead atoms. The van der Waals surface area contributed by atoms with Crippen LogP contribution in [-0.2, 0) is 0 Å². The summed E-state index contributed by atoms with van der Waals surface area (Å²) in [4.78, 5) is 14.2. The van der Waals surface area contributed by atoms with Gasteiger partial charge in [-0.2, -0.15) is 0 Å². The summed E-state index contributed by atoms with van der Waals surface area (Å²) in [5, 5.41) is 0. The molecule has 23 heavy (non-hydrogen) atoms. The zero-order chi connectivity index (χ0) is 16.0. The van der Waals surface area contributed by atoms with E-state index < -0.39 is 0 Å². The van der Waals surface area contributed by atoms with Gasteiger partial charge in [0.05, 0.1) is 22.1 Å². The van der Waals surface area contributed by atoms with Crippen molar-refractivity contribution in [1.29, 1.82) is 0 Å². The van der Waals surface area contributed by atoms with Gasteiger partial charge < -0.3 is 9.80 Å². The van der Waals surface area contributed by atoms with E-state index in [0.29, 0.717) is 0 Å². The lowest BCUT2D eigenvalue weighted by molar-refractivity contribution is 0.949. The lowest BCUT2D eigenvalue weighted by Gasteiger charge is -2.20. The van der Waals surface area contributed by atoms with E-state index in [-0.39, 0.29) is 0 Å². The Morgan fingerprint density at radius 1 is 0.870 bits per heavy atom. The number of rotatable bonds is 2. The van der Waals surface area contributed by atoms with Gasteiger partial charge in [-0.15, -0.1) is 0 Å². The predicted octanol–water partition coefficient (Wildman–Crippen LogP) is 3.76. The summed E-state index contributed by atoms with van der Waals surface area (Å²) in [6.45, 7) is 4.48. The van der Waals surface area contributed by atoms with E-state index in [1.807, 2.05) is 14.1 Å². The Balaban J connectivity index is 1.89. The first kappa shape index (κ1) is 14.2. The largest absolute Gasteiger partial charge is 0.378 e. The number of hydrogen-bond donors (Lipinski definition) is 0. The minimum Gasteiger partial charge on any atom is -0.378 e. The molecule has 4 rings (SSSR count). The molecule has 0 spiro atoms. The van der Waals surface area contributed by atoms with E-state index in [0.717, 1.165) is 40.8 Å². The summed E-state index contributed by atoms with van der Waals surface area (Å²) in [6, 6.07) is 10.6. The first-order valence-electron chi connectivity index (χ1n) is 8.26. The third-order valence-electron chi connectivity index (χ3n) is 4.70. The maximum absolute atomic E-state index is 4.88. The van der Waals surface area contributed by atoms with Crippen molar-refractivity contribution in [2.24, 2.45) is 0 Å². The molecular formula is C19H22N4. The number of anilines is 2. The van der Waals surface area contributed by atoms with Crippen LogP contribution in [-0.4, -0.2) is 37.2 Å². The van der Waals surface area contributed by atoms with Crippen molar-refractivity contribution < 1.29 is 0 Å². The standard InChI is InChI=1S/C19H22N4/c1-13-10-16-18(12-19(13)23-8-4-5-9-23)21-17-11-14(22(2)3)6-7-15(17)20-16/h6-7,10-12H,4-5,8-9H2,1-3H3. The lowest BCUT2D eigenvalue weighted by Crippen LogP contribution is -2.18. The normalized spacial score (nSPS) is 14.8. The molecule has 0 aliphatic carbocycles. The molecule has 0 unspecified atom stereocenters. The zero-order valence-electron chi connectivity index (χ0n) is 14.0. The van der Waals surface area contributed by atoms with Crippen molar-refractivity contribution in [2.45, 2.75) is 19.8 Å². The molecule has 0 saturated carbocycles. The lowest BCUT2D eigenvalue weighted by atomic mass is 10.1. The van der Waals surface area contributed by atoms with Crippen LogP contribution in [0, 0.1) is 6.92 Å². The van der Waals surface area contributed by atoms with Gasteiger partial charge in [0, 0.05) is 38.6 Å². The highest BCUT2D eigenvalue weighted by atomic mass is 15.1. The third-order valence-corrected chi connectivity index (χ3v) is 4.70. The van der Waals surface area contributed by atoms with Gasteiger partial charge in [0.1, 0.15) is 0 Å². The van der Waals surface area contributed by atoms with Gasteiger partial charge in [-0.1, -0.05) is 0 Å². The third kappa shape index (κ3) is 2.48. The van der Waals surface area contributed by atoms with Gasteiger partial charge in [-0.3, -0.25) is 0 Å². The molecule has 1 aliphatic rings. The highest BCUT2D eigenvalue weighted by molar-refractivity contribution is 5.90. The van der Waals surface area contributed by atoms with Crippen LogP contribution >= 0.6 is 0 Å². The molecule has 4 heteroatoms. The van der Waals surface area contributed by atoms with E-state index in [1.54, 1.807) is 0 Å². The van der Waals surface area contributed by atoms with Gasteiger partial charge in [0.25, 0.3) is 0 Å². The topological polar surface area (TPSA) is 32.3 Å². The maximum atomic E-state index is 4.88. The minimum atomic E-state index is 0.955. The molecule has 4 nitrogen and oxygen atoms in total. The number of nitrogens with zero attached hydrogens (tertiary/aromatic N) is 4. The molecule has 0 N–H and O–H groups in total. The summed E-state index contributed by atoms with van der Waals surface area (Å²) in [7, 11) is 4.09. The number of benzene rings is 2. The van der Waals surface area contributed by atoms with E-state index in [9.17, 15) is 0 Å². The first-order chi connectivity index (χ1) is 11.1. The predicted molar refractivity (Wildman–Crippen MR) is 97.6 cm³/mol. The van der Waals surface area contributed by atoms with Crippen LogP contribution in [0.4, 0.5) is 11.4 Å². The van der Waals surface area contributed by atoms with Crippen molar-refractivity contribution in [3.63, 3.8) is 0 Å². The molecule has 0 radical (unpaired) electrons. The highest BCUT2D eigenvalue weighted by Crippen LogP contribution is 2.29. The Bertz CT molecular complexity index is 879. The van der Waals surface area contributed by atoms with Crippen molar-refractivity contribution in [2.75, 3.05) is 37.0 Å². The Morgan fingerprint density at radius 2 is 1.52 bits per heavy atom. The molecule has 2 aromatic carbocycles.